The molecule has 0 bridgehead atoms. The highest BCUT2D eigenvalue weighted by Crippen LogP contribution is 2.25. The van der Waals surface area contributed by atoms with E-state index in [9.17, 15) is 0 Å². The van der Waals surface area contributed by atoms with Crippen LogP contribution < -0.4 is 15.4 Å². The fourth-order valence-corrected chi connectivity index (χ4v) is 2.89. The molecule has 1 aliphatic heterocycles. The van der Waals surface area contributed by atoms with Gasteiger partial charge in [0.2, 0.25) is 0 Å². The summed E-state index contributed by atoms with van der Waals surface area (Å²) in [4.78, 5) is 11.8. The third kappa shape index (κ3) is 3.62. The van der Waals surface area contributed by atoms with E-state index in [-0.39, 0.29) is 6.04 Å². The van der Waals surface area contributed by atoms with Gasteiger partial charge >= 0.3 is 0 Å². The van der Waals surface area contributed by atoms with Crippen LogP contribution in [0, 0.1) is 0 Å². The molecule has 1 aromatic heterocycles. The van der Waals surface area contributed by atoms with Crippen LogP contribution in [0.1, 0.15) is 25.5 Å². The number of hydrogen-bond acceptors (Lipinski definition) is 5. The van der Waals surface area contributed by atoms with Crippen molar-refractivity contribution in [1.29, 1.82) is 0 Å². The summed E-state index contributed by atoms with van der Waals surface area (Å²) in [6.07, 6.45) is 3.04. The zero-order chi connectivity index (χ0) is 16.2. The molecule has 0 amide bonds. The number of nitrogens with two attached hydrogens (primary N) is 1. The van der Waals surface area contributed by atoms with Crippen molar-refractivity contribution in [1.82, 2.24) is 9.97 Å². The summed E-state index contributed by atoms with van der Waals surface area (Å²) in [5, 5.41) is 0. The highest BCUT2D eigenvalue weighted by molar-refractivity contribution is 5.59. The molecule has 1 saturated heterocycles. The van der Waals surface area contributed by atoms with E-state index in [0.29, 0.717) is 0 Å². The fourth-order valence-electron chi connectivity index (χ4n) is 2.89. The van der Waals surface area contributed by atoms with Crippen LogP contribution in [0.15, 0.2) is 30.3 Å². The normalized spacial score (nSPS) is 17.5. The van der Waals surface area contributed by atoms with Crippen LogP contribution in [-0.4, -0.2) is 36.2 Å². The Morgan fingerprint density at radius 2 is 2.04 bits per heavy atom. The first-order chi connectivity index (χ1) is 11.2. The van der Waals surface area contributed by atoms with Gasteiger partial charge < -0.3 is 15.4 Å². The number of nitrogens with zero attached hydrogens (tertiary/aromatic N) is 3. The first-order valence-corrected chi connectivity index (χ1v) is 8.22. The summed E-state index contributed by atoms with van der Waals surface area (Å²) < 4.78 is 5.22. The molecule has 5 nitrogen and oxygen atoms in total. The smallest absolute Gasteiger partial charge is 0.161 e. The van der Waals surface area contributed by atoms with Crippen LogP contribution in [0.2, 0.25) is 0 Å². The second-order valence-electron chi connectivity index (χ2n) is 6.01. The SMILES string of the molecule is CCCc1cc(N2CCC(N)C2)nc(-c2ccc(OC)cc2)n1. The molecule has 0 aliphatic carbocycles. The Kier molecular flexibility index (Phi) is 4.76. The lowest BCUT2D eigenvalue weighted by Crippen LogP contribution is -2.27. The van der Waals surface area contributed by atoms with Gasteiger partial charge in [0.25, 0.3) is 0 Å². The maximum absolute atomic E-state index is 6.04. The third-order valence-corrected chi connectivity index (χ3v) is 4.17. The molecule has 3 rings (SSSR count). The average molecular weight is 312 g/mol. The molecule has 5 heteroatoms. The molecule has 0 saturated carbocycles. The van der Waals surface area contributed by atoms with E-state index >= 15 is 0 Å². The van der Waals surface area contributed by atoms with Crippen molar-refractivity contribution in [2.45, 2.75) is 32.2 Å². The Morgan fingerprint density at radius 3 is 2.65 bits per heavy atom. The van der Waals surface area contributed by atoms with Crippen LogP contribution in [0.4, 0.5) is 5.82 Å². The molecule has 1 aromatic carbocycles. The Morgan fingerprint density at radius 1 is 1.26 bits per heavy atom. The lowest BCUT2D eigenvalue weighted by Gasteiger charge is -2.18. The summed E-state index contributed by atoms with van der Waals surface area (Å²) in [5.74, 6) is 2.60. The van der Waals surface area contributed by atoms with Crippen LogP contribution in [0.3, 0.4) is 0 Å². The van der Waals surface area contributed by atoms with Gasteiger partial charge in [0.15, 0.2) is 5.82 Å². The monoisotopic (exact) mass is 312 g/mol. The first kappa shape index (κ1) is 15.7. The van der Waals surface area contributed by atoms with Crippen LogP contribution in [0.25, 0.3) is 11.4 Å². The summed E-state index contributed by atoms with van der Waals surface area (Å²) in [6, 6.07) is 10.2. The number of ether oxygens (including phenoxy) is 1. The molecule has 1 atom stereocenters. The summed E-state index contributed by atoms with van der Waals surface area (Å²) in [6.45, 7) is 4.00. The highest BCUT2D eigenvalue weighted by atomic mass is 16.5. The van der Waals surface area contributed by atoms with Crippen molar-refractivity contribution >= 4 is 5.82 Å². The number of methoxy groups -OCH3 is 1. The number of aromatic nitrogens is 2. The number of anilines is 1. The van der Waals surface area contributed by atoms with E-state index in [1.807, 2.05) is 24.3 Å². The van der Waals surface area contributed by atoms with Crippen molar-refractivity contribution < 1.29 is 4.74 Å². The molecule has 1 fully saturated rings. The Balaban J connectivity index is 1.95. The summed E-state index contributed by atoms with van der Waals surface area (Å²) in [7, 11) is 1.67. The minimum Gasteiger partial charge on any atom is -0.497 e. The first-order valence-electron chi connectivity index (χ1n) is 8.22. The predicted octanol–water partition coefficient (Wildman–Crippen LogP) is 2.64. The molecule has 23 heavy (non-hydrogen) atoms. The molecule has 0 radical (unpaired) electrons. The zero-order valence-electron chi connectivity index (χ0n) is 13.8. The minimum absolute atomic E-state index is 0.240. The maximum Gasteiger partial charge on any atom is 0.161 e. The quantitative estimate of drug-likeness (QED) is 0.919. The van der Waals surface area contributed by atoms with Gasteiger partial charge in [0, 0.05) is 36.5 Å². The fraction of sp³-hybridized carbons (Fsp3) is 0.444. The number of hydrogen-bond donors (Lipinski definition) is 1. The molecule has 2 heterocycles. The van der Waals surface area contributed by atoms with Gasteiger partial charge in [-0.3, -0.25) is 0 Å². The highest BCUT2D eigenvalue weighted by Gasteiger charge is 2.21. The van der Waals surface area contributed by atoms with Gasteiger partial charge in [-0.25, -0.2) is 9.97 Å². The standard InChI is InChI=1S/C18H24N4O/c1-3-4-15-11-17(22-10-9-14(19)12-22)21-18(20-15)13-5-7-16(23-2)8-6-13/h5-8,11,14H,3-4,9-10,12,19H2,1-2H3. The van der Waals surface area contributed by atoms with Crippen molar-refractivity contribution in [2.24, 2.45) is 5.73 Å². The average Bonchev–Trinajstić information content (AvgIpc) is 3.01. The maximum atomic E-state index is 6.04. The van der Waals surface area contributed by atoms with Crippen LogP contribution in [0.5, 0.6) is 5.75 Å². The van der Waals surface area contributed by atoms with Crippen molar-refractivity contribution in [3.8, 4) is 17.1 Å². The third-order valence-electron chi connectivity index (χ3n) is 4.17. The lowest BCUT2D eigenvalue weighted by molar-refractivity contribution is 0.415. The molecule has 2 aromatic rings. The van der Waals surface area contributed by atoms with E-state index in [2.05, 4.69) is 17.9 Å². The molecule has 2 N–H and O–H groups in total. The lowest BCUT2D eigenvalue weighted by atomic mass is 10.2. The van der Waals surface area contributed by atoms with Crippen molar-refractivity contribution in [3.05, 3.63) is 36.0 Å². The summed E-state index contributed by atoms with van der Waals surface area (Å²) in [5.41, 5.74) is 8.14. The van der Waals surface area contributed by atoms with Crippen molar-refractivity contribution in [2.75, 3.05) is 25.1 Å². The Labute approximate surface area is 137 Å². The van der Waals surface area contributed by atoms with Gasteiger partial charge in [-0.15, -0.1) is 0 Å². The van der Waals surface area contributed by atoms with Gasteiger partial charge in [-0.05, 0) is 37.1 Å². The Hall–Kier alpha value is -2.14. The van der Waals surface area contributed by atoms with E-state index in [0.717, 1.165) is 61.0 Å². The van der Waals surface area contributed by atoms with Crippen molar-refractivity contribution in [3.63, 3.8) is 0 Å². The van der Waals surface area contributed by atoms with Gasteiger partial charge in [0.05, 0.1) is 7.11 Å². The Bertz CT molecular complexity index is 657. The number of aryl methyl sites for hydroxylation is 1. The number of benzene rings is 1. The molecule has 122 valence electrons. The number of rotatable bonds is 5. The summed E-state index contributed by atoms with van der Waals surface area (Å²) >= 11 is 0. The largest absolute Gasteiger partial charge is 0.497 e. The van der Waals surface area contributed by atoms with E-state index in [1.54, 1.807) is 7.11 Å². The second-order valence-corrected chi connectivity index (χ2v) is 6.01. The molecule has 0 spiro atoms. The van der Waals surface area contributed by atoms with Gasteiger partial charge in [-0.2, -0.15) is 0 Å². The van der Waals surface area contributed by atoms with E-state index < -0.39 is 0 Å². The second kappa shape index (κ2) is 6.96. The van der Waals surface area contributed by atoms with Gasteiger partial charge in [-0.1, -0.05) is 13.3 Å². The molecular weight excluding hydrogens is 288 g/mol. The molecule has 1 aliphatic rings. The van der Waals surface area contributed by atoms with Crippen LogP contribution in [-0.2, 0) is 6.42 Å². The molecule has 1 unspecified atom stereocenters. The minimum atomic E-state index is 0.240. The van der Waals surface area contributed by atoms with E-state index in [1.165, 1.54) is 0 Å². The molecular formula is C18H24N4O. The van der Waals surface area contributed by atoms with E-state index in [4.69, 9.17) is 20.4 Å². The van der Waals surface area contributed by atoms with Gasteiger partial charge in [0.1, 0.15) is 11.6 Å². The topological polar surface area (TPSA) is 64.3 Å². The zero-order valence-corrected chi connectivity index (χ0v) is 13.8. The predicted molar refractivity (Wildman–Crippen MR) is 92.8 cm³/mol. The van der Waals surface area contributed by atoms with Crippen LogP contribution >= 0.6 is 0 Å².